The van der Waals surface area contributed by atoms with Crippen LogP contribution >= 0.6 is 0 Å². The minimum Gasteiger partial charge on any atom is -0.465 e. The number of unbranched alkanes of at least 4 members (excludes halogenated alkanes) is 1. The number of hydrogen-bond donors (Lipinski definition) is 0. The summed E-state index contributed by atoms with van der Waals surface area (Å²) in [4.78, 5) is 27.4. The molecule has 2 fully saturated rings. The molecule has 1 aromatic rings. The summed E-state index contributed by atoms with van der Waals surface area (Å²) < 4.78 is 11.5. The van der Waals surface area contributed by atoms with Crippen molar-refractivity contribution in [3.05, 3.63) is 42.0 Å². The van der Waals surface area contributed by atoms with E-state index in [1.165, 1.54) is 0 Å². The summed E-state index contributed by atoms with van der Waals surface area (Å²) in [7, 11) is 0. The molecule has 0 aliphatic carbocycles. The lowest BCUT2D eigenvalue weighted by atomic mass is 9.77. The monoisotopic (exact) mass is 341 g/mol. The number of amides is 1. The van der Waals surface area contributed by atoms with Crippen LogP contribution in [0.5, 0.6) is 0 Å². The van der Waals surface area contributed by atoms with Crippen molar-refractivity contribution in [2.75, 3.05) is 18.1 Å². The van der Waals surface area contributed by atoms with Crippen LogP contribution in [0.25, 0.3) is 0 Å². The number of esters is 1. The van der Waals surface area contributed by atoms with Crippen LogP contribution in [-0.2, 0) is 19.1 Å². The maximum Gasteiger partial charge on any atom is 0.312 e. The normalized spacial score (nSPS) is 32.3. The summed E-state index contributed by atoms with van der Waals surface area (Å²) in [6, 6.07) is 7.85. The van der Waals surface area contributed by atoms with E-state index in [2.05, 4.69) is 0 Å². The summed E-state index contributed by atoms with van der Waals surface area (Å²) in [5.74, 6) is -1.38. The van der Waals surface area contributed by atoms with Crippen molar-refractivity contribution in [3.8, 4) is 0 Å². The molecule has 1 spiro atoms. The van der Waals surface area contributed by atoms with Crippen LogP contribution in [0.4, 0.5) is 5.69 Å². The average molecular weight is 341 g/mol. The number of fused-ring (bicyclic) bond motifs is 1. The Hall–Kier alpha value is -2.14. The summed E-state index contributed by atoms with van der Waals surface area (Å²) in [6.07, 6.45) is 5.33. The van der Waals surface area contributed by atoms with Crippen LogP contribution in [0.1, 0.15) is 25.3 Å². The van der Waals surface area contributed by atoms with E-state index in [-0.39, 0.29) is 18.0 Å². The van der Waals surface area contributed by atoms with Gasteiger partial charge in [0.05, 0.1) is 25.2 Å². The molecule has 0 radical (unpaired) electrons. The zero-order valence-corrected chi connectivity index (χ0v) is 14.6. The fourth-order valence-corrected chi connectivity index (χ4v) is 4.12. The molecule has 3 aliphatic heterocycles. The van der Waals surface area contributed by atoms with Crippen LogP contribution < -0.4 is 4.90 Å². The number of benzene rings is 1. The Bertz CT molecular complexity index is 726. The number of carbonyl (C=O) groups is 2. The highest BCUT2D eigenvalue weighted by atomic mass is 16.6. The number of rotatable bonds is 5. The molecule has 0 unspecified atom stereocenters. The highest BCUT2D eigenvalue weighted by molar-refractivity contribution is 6.02. The Morgan fingerprint density at radius 1 is 1.36 bits per heavy atom. The third-order valence-electron chi connectivity index (χ3n) is 5.46. The molecule has 2 saturated heterocycles. The van der Waals surface area contributed by atoms with Gasteiger partial charge in [-0.1, -0.05) is 43.2 Å². The first-order valence-corrected chi connectivity index (χ1v) is 8.97. The van der Waals surface area contributed by atoms with Crippen LogP contribution in [0, 0.1) is 18.8 Å². The third kappa shape index (κ3) is 2.49. The fraction of sp³-hybridized carbons (Fsp3) is 0.500. The van der Waals surface area contributed by atoms with E-state index in [9.17, 15) is 9.59 Å². The second-order valence-corrected chi connectivity index (χ2v) is 7.18. The number of anilines is 1. The smallest absolute Gasteiger partial charge is 0.312 e. The maximum absolute atomic E-state index is 13.1. The Labute approximate surface area is 147 Å². The largest absolute Gasteiger partial charge is 0.465 e. The molecule has 0 saturated carbocycles. The minimum absolute atomic E-state index is 0.0480. The number of hydrogen-bond acceptors (Lipinski definition) is 4. The predicted molar refractivity (Wildman–Crippen MR) is 93.1 cm³/mol. The highest BCUT2D eigenvalue weighted by Gasteiger charge is 2.67. The van der Waals surface area contributed by atoms with Crippen molar-refractivity contribution in [2.45, 2.75) is 38.4 Å². The molecule has 1 amide bonds. The van der Waals surface area contributed by atoms with Crippen molar-refractivity contribution in [1.82, 2.24) is 0 Å². The molecular weight excluding hydrogens is 318 g/mol. The Morgan fingerprint density at radius 2 is 2.12 bits per heavy atom. The molecule has 3 heterocycles. The van der Waals surface area contributed by atoms with Crippen LogP contribution in [0.15, 0.2) is 36.4 Å². The van der Waals surface area contributed by atoms with Crippen LogP contribution in [-0.4, -0.2) is 36.7 Å². The molecule has 5 heteroatoms. The van der Waals surface area contributed by atoms with Gasteiger partial charge >= 0.3 is 5.97 Å². The van der Waals surface area contributed by atoms with Crippen LogP contribution in [0.3, 0.4) is 0 Å². The number of ether oxygens (including phenoxy) is 2. The summed E-state index contributed by atoms with van der Waals surface area (Å²) in [6.45, 7) is 4.91. The molecule has 4 rings (SSSR count). The lowest BCUT2D eigenvalue weighted by Gasteiger charge is -2.22. The van der Waals surface area contributed by atoms with E-state index in [1.54, 1.807) is 4.90 Å². The van der Waals surface area contributed by atoms with E-state index in [1.807, 2.05) is 50.3 Å². The zero-order chi connectivity index (χ0) is 17.6. The standard InChI is InChI=1S/C20H23NO4/c1-3-4-11-24-19(23)16-15-9-10-20(25-15)12-21(18(22)17(16)20)14-7-5-13(2)6-8-14/h5-10,15-17H,3-4,11-12H2,1-2H3/t15-,16+,17+,20-/m1/s1. The van der Waals surface area contributed by atoms with Gasteiger partial charge in [0.2, 0.25) is 5.91 Å². The quantitative estimate of drug-likeness (QED) is 0.469. The summed E-state index contributed by atoms with van der Waals surface area (Å²) in [5.41, 5.74) is 1.29. The van der Waals surface area contributed by atoms with Gasteiger partial charge in [-0.05, 0) is 25.5 Å². The first kappa shape index (κ1) is 16.3. The molecular formula is C20H23NO4. The van der Waals surface area contributed by atoms with Gasteiger partial charge in [0.1, 0.15) is 11.5 Å². The van der Waals surface area contributed by atoms with Crippen molar-refractivity contribution < 1.29 is 19.1 Å². The first-order chi connectivity index (χ1) is 12.1. The number of carbonyl (C=O) groups excluding carboxylic acids is 2. The van der Waals surface area contributed by atoms with Crippen molar-refractivity contribution in [1.29, 1.82) is 0 Å². The summed E-state index contributed by atoms with van der Waals surface area (Å²) >= 11 is 0. The lowest BCUT2D eigenvalue weighted by molar-refractivity contribution is -0.152. The van der Waals surface area contributed by atoms with E-state index in [0.29, 0.717) is 13.2 Å². The molecule has 4 atom stereocenters. The number of nitrogens with zero attached hydrogens (tertiary/aromatic N) is 1. The van der Waals surface area contributed by atoms with Crippen molar-refractivity contribution >= 4 is 17.6 Å². The molecule has 3 aliphatic rings. The molecule has 2 bridgehead atoms. The fourth-order valence-electron chi connectivity index (χ4n) is 4.12. The van der Waals surface area contributed by atoms with Gasteiger partial charge in [0, 0.05) is 5.69 Å². The maximum atomic E-state index is 13.1. The van der Waals surface area contributed by atoms with E-state index in [0.717, 1.165) is 24.1 Å². The van der Waals surface area contributed by atoms with E-state index < -0.39 is 17.4 Å². The lowest BCUT2D eigenvalue weighted by Crippen LogP contribution is -2.40. The Balaban J connectivity index is 1.59. The second kappa shape index (κ2) is 5.99. The van der Waals surface area contributed by atoms with Gasteiger partial charge in [0.25, 0.3) is 0 Å². The average Bonchev–Trinajstić information content (AvgIpc) is 3.24. The van der Waals surface area contributed by atoms with Gasteiger partial charge in [-0.15, -0.1) is 0 Å². The van der Waals surface area contributed by atoms with Gasteiger partial charge in [-0.3, -0.25) is 9.59 Å². The predicted octanol–water partition coefficient (Wildman–Crippen LogP) is 2.62. The van der Waals surface area contributed by atoms with Crippen molar-refractivity contribution in [2.24, 2.45) is 11.8 Å². The van der Waals surface area contributed by atoms with Gasteiger partial charge < -0.3 is 14.4 Å². The topological polar surface area (TPSA) is 55.8 Å². The summed E-state index contributed by atoms with van der Waals surface area (Å²) in [5, 5.41) is 0. The van der Waals surface area contributed by atoms with Gasteiger partial charge in [-0.2, -0.15) is 0 Å². The van der Waals surface area contributed by atoms with E-state index in [4.69, 9.17) is 9.47 Å². The van der Waals surface area contributed by atoms with Crippen molar-refractivity contribution in [3.63, 3.8) is 0 Å². The SMILES string of the molecule is CCCCOC(=O)[C@@H]1[C@H]2C(=O)N(c3ccc(C)cc3)C[C@]23C=C[C@H]1O3. The Kier molecular flexibility index (Phi) is 3.91. The van der Waals surface area contributed by atoms with Gasteiger partial charge in [0.15, 0.2) is 0 Å². The zero-order valence-electron chi connectivity index (χ0n) is 14.6. The second-order valence-electron chi connectivity index (χ2n) is 7.18. The van der Waals surface area contributed by atoms with Gasteiger partial charge in [-0.25, -0.2) is 0 Å². The first-order valence-electron chi connectivity index (χ1n) is 8.97. The van der Waals surface area contributed by atoms with E-state index >= 15 is 0 Å². The third-order valence-corrected chi connectivity index (χ3v) is 5.46. The molecule has 0 aromatic heterocycles. The number of aryl methyl sites for hydroxylation is 1. The minimum atomic E-state index is -0.693. The molecule has 132 valence electrons. The molecule has 5 nitrogen and oxygen atoms in total. The highest BCUT2D eigenvalue weighted by Crippen LogP contribution is 2.52. The Morgan fingerprint density at radius 3 is 2.84 bits per heavy atom. The molecule has 1 aromatic carbocycles. The molecule has 0 N–H and O–H groups in total. The van der Waals surface area contributed by atoms with Crippen LogP contribution in [0.2, 0.25) is 0 Å². The molecule has 25 heavy (non-hydrogen) atoms.